The molecule has 3 nitrogen and oxygen atoms in total. The van der Waals surface area contributed by atoms with Crippen LogP contribution in [0.1, 0.15) is 13.3 Å². The Morgan fingerprint density at radius 1 is 1.26 bits per heavy atom. The molecule has 7 heteroatoms. The minimum absolute atomic E-state index is 0.778. The van der Waals surface area contributed by atoms with E-state index in [4.69, 9.17) is 16.6 Å². The van der Waals surface area contributed by atoms with Crippen LogP contribution in [0.4, 0.5) is 5.82 Å². The second-order valence-electron chi connectivity index (χ2n) is 6.51. The highest BCUT2D eigenvalue weighted by Crippen LogP contribution is 2.41. The molecule has 0 spiro atoms. The van der Waals surface area contributed by atoms with Gasteiger partial charge in [-0.05, 0) is 63.3 Å². The third-order valence-electron chi connectivity index (χ3n) is 4.02. The standard InChI is InChI=1S/C20H24ClN3S3/c1-15-13-25-14-24(15)20-19(27-18-8-5-4-7-17(18)21)11-16(12-22-20)26-10-6-9-23(2)3/h4-5,7-8,11-13H,6,9-10,14H2,1-3H3. The zero-order valence-electron chi connectivity index (χ0n) is 15.8. The molecule has 144 valence electrons. The van der Waals surface area contributed by atoms with Crippen LogP contribution in [0.2, 0.25) is 5.02 Å². The van der Waals surface area contributed by atoms with Gasteiger partial charge in [-0.25, -0.2) is 4.98 Å². The SMILES string of the molecule is CC1=CSCN1c1ncc(SCCCN(C)C)cc1Sc1ccccc1Cl. The minimum Gasteiger partial charge on any atom is -0.319 e. The van der Waals surface area contributed by atoms with Gasteiger partial charge in [-0.2, -0.15) is 0 Å². The molecule has 0 N–H and O–H groups in total. The van der Waals surface area contributed by atoms with Crippen LogP contribution in [-0.2, 0) is 0 Å². The molecule has 0 atom stereocenters. The Hall–Kier alpha value is -0.790. The number of pyridine rings is 1. The van der Waals surface area contributed by atoms with Gasteiger partial charge >= 0.3 is 0 Å². The van der Waals surface area contributed by atoms with Gasteiger partial charge < -0.3 is 9.80 Å². The first-order chi connectivity index (χ1) is 13.0. The van der Waals surface area contributed by atoms with E-state index in [1.165, 1.54) is 10.6 Å². The first kappa shape index (κ1) is 20.9. The lowest BCUT2D eigenvalue weighted by molar-refractivity contribution is 0.410. The molecule has 0 saturated heterocycles. The Labute approximate surface area is 179 Å². The Bertz CT molecular complexity index is 811. The number of halogens is 1. The number of allylic oxidation sites excluding steroid dienone is 1. The van der Waals surface area contributed by atoms with Crippen molar-refractivity contribution in [2.45, 2.75) is 28.0 Å². The van der Waals surface area contributed by atoms with E-state index in [-0.39, 0.29) is 0 Å². The summed E-state index contributed by atoms with van der Waals surface area (Å²) >= 11 is 11.8. The van der Waals surface area contributed by atoms with Crippen molar-refractivity contribution in [1.82, 2.24) is 9.88 Å². The van der Waals surface area contributed by atoms with E-state index in [1.54, 1.807) is 23.5 Å². The number of nitrogens with zero attached hydrogens (tertiary/aromatic N) is 3. The lowest BCUT2D eigenvalue weighted by Gasteiger charge is -2.22. The highest BCUT2D eigenvalue weighted by Gasteiger charge is 2.20. The molecular formula is C20H24ClN3S3. The van der Waals surface area contributed by atoms with E-state index in [0.29, 0.717) is 0 Å². The third kappa shape index (κ3) is 5.84. The minimum atomic E-state index is 0.778. The van der Waals surface area contributed by atoms with Crippen molar-refractivity contribution in [2.75, 3.05) is 37.2 Å². The highest BCUT2D eigenvalue weighted by molar-refractivity contribution is 8.02. The molecule has 2 heterocycles. The van der Waals surface area contributed by atoms with Crippen LogP contribution < -0.4 is 4.90 Å². The fourth-order valence-electron chi connectivity index (χ4n) is 2.62. The first-order valence-corrected chi connectivity index (χ1v) is 12.0. The summed E-state index contributed by atoms with van der Waals surface area (Å²) in [5, 5.41) is 2.97. The smallest absolute Gasteiger partial charge is 0.147 e. The van der Waals surface area contributed by atoms with Crippen LogP contribution in [0.5, 0.6) is 0 Å². The Morgan fingerprint density at radius 2 is 2.07 bits per heavy atom. The molecule has 0 radical (unpaired) electrons. The van der Waals surface area contributed by atoms with Crippen molar-refractivity contribution in [3.05, 3.63) is 52.7 Å². The first-order valence-electron chi connectivity index (χ1n) is 8.80. The average Bonchev–Trinajstić information content (AvgIpc) is 3.06. The fraction of sp³-hybridized carbons (Fsp3) is 0.350. The summed E-state index contributed by atoms with van der Waals surface area (Å²) < 4.78 is 0. The summed E-state index contributed by atoms with van der Waals surface area (Å²) in [6, 6.07) is 10.3. The number of rotatable bonds is 8. The van der Waals surface area contributed by atoms with Gasteiger partial charge in [0, 0.05) is 21.7 Å². The molecule has 1 aliphatic heterocycles. The van der Waals surface area contributed by atoms with Crippen molar-refractivity contribution in [2.24, 2.45) is 0 Å². The van der Waals surface area contributed by atoms with Crippen LogP contribution in [-0.4, -0.2) is 42.2 Å². The predicted octanol–water partition coefficient (Wildman–Crippen LogP) is 6.30. The van der Waals surface area contributed by atoms with E-state index in [1.807, 2.05) is 36.2 Å². The number of hydrogen-bond donors (Lipinski definition) is 0. The Balaban J connectivity index is 1.82. The molecule has 1 aromatic carbocycles. The van der Waals surface area contributed by atoms with Crippen molar-refractivity contribution < 1.29 is 0 Å². The number of hydrogen-bond acceptors (Lipinski definition) is 6. The molecule has 1 aromatic heterocycles. The lowest BCUT2D eigenvalue weighted by atomic mass is 10.4. The summed E-state index contributed by atoms with van der Waals surface area (Å²) in [6.45, 7) is 3.24. The maximum absolute atomic E-state index is 6.41. The van der Waals surface area contributed by atoms with E-state index in [9.17, 15) is 0 Å². The molecule has 0 unspecified atom stereocenters. The van der Waals surface area contributed by atoms with Crippen molar-refractivity contribution >= 4 is 52.7 Å². The zero-order chi connectivity index (χ0) is 19.2. The largest absolute Gasteiger partial charge is 0.319 e. The molecule has 0 amide bonds. The number of thioether (sulfide) groups is 2. The second-order valence-corrected chi connectivity index (χ2v) is 10.0. The van der Waals surface area contributed by atoms with Gasteiger partial charge in [-0.1, -0.05) is 35.5 Å². The van der Waals surface area contributed by atoms with Gasteiger partial charge in [0.25, 0.3) is 0 Å². The normalized spacial score (nSPS) is 14.1. The fourth-order valence-corrected chi connectivity index (χ4v) is 5.69. The molecule has 0 fully saturated rings. The Morgan fingerprint density at radius 3 is 2.78 bits per heavy atom. The van der Waals surface area contributed by atoms with Gasteiger partial charge in [0.1, 0.15) is 5.82 Å². The van der Waals surface area contributed by atoms with Gasteiger partial charge in [0.15, 0.2) is 0 Å². The highest BCUT2D eigenvalue weighted by atomic mass is 35.5. The molecule has 0 saturated carbocycles. The van der Waals surface area contributed by atoms with E-state index < -0.39 is 0 Å². The monoisotopic (exact) mass is 437 g/mol. The quantitative estimate of drug-likeness (QED) is 0.354. The molecule has 2 aromatic rings. The van der Waals surface area contributed by atoms with Gasteiger partial charge in [0.2, 0.25) is 0 Å². The van der Waals surface area contributed by atoms with Crippen molar-refractivity contribution in [3.8, 4) is 0 Å². The topological polar surface area (TPSA) is 19.4 Å². The summed E-state index contributed by atoms with van der Waals surface area (Å²) in [6.07, 6.45) is 3.17. The Kier molecular flexibility index (Phi) is 7.85. The summed E-state index contributed by atoms with van der Waals surface area (Å²) in [7, 11) is 4.23. The summed E-state index contributed by atoms with van der Waals surface area (Å²) in [5.74, 6) is 3.01. The molecule has 0 aliphatic carbocycles. The van der Waals surface area contributed by atoms with Crippen molar-refractivity contribution in [1.29, 1.82) is 0 Å². The molecule has 3 rings (SSSR count). The second kappa shape index (κ2) is 10.1. The molecule has 1 aliphatic rings. The van der Waals surface area contributed by atoms with Gasteiger partial charge in [-0.3, -0.25) is 0 Å². The maximum Gasteiger partial charge on any atom is 0.147 e. The van der Waals surface area contributed by atoms with E-state index in [0.717, 1.165) is 45.2 Å². The van der Waals surface area contributed by atoms with Crippen molar-refractivity contribution in [3.63, 3.8) is 0 Å². The van der Waals surface area contributed by atoms with Gasteiger partial charge in [-0.15, -0.1) is 23.5 Å². The van der Waals surface area contributed by atoms with Crippen LogP contribution >= 0.6 is 46.9 Å². The number of benzene rings is 1. The van der Waals surface area contributed by atoms with Crippen LogP contribution in [0.15, 0.2) is 62.3 Å². The lowest BCUT2D eigenvalue weighted by Crippen LogP contribution is -2.18. The van der Waals surface area contributed by atoms with Crippen LogP contribution in [0.3, 0.4) is 0 Å². The predicted molar refractivity (Wildman–Crippen MR) is 122 cm³/mol. The number of aromatic nitrogens is 1. The third-order valence-corrected chi connectivity index (χ3v) is 7.52. The molecule has 27 heavy (non-hydrogen) atoms. The summed E-state index contributed by atoms with van der Waals surface area (Å²) in [4.78, 5) is 12.7. The van der Waals surface area contributed by atoms with E-state index in [2.05, 4.69) is 48.4 Å². The average molecular weight is 438 g/mol. The maximum atomic E-state index is 6.41. The molecule has 0 bridgehead atoms. The zero-order valence-corrected chi connectivity index (χ0v) is 19.0. The van der Waals surface area contributed by atoms with Crippen LogP contribution in [0, 0.1) is 0 Å². The van der Waals surface area contributed by atoms with E-state index >= 15 is 0 Å². The van der Waals surface area contributed by atoms with Crippen LogP contribution in [0.25, 0.3) is 0 Å². The molecular weight excluding hydrogens is 414 g/mol. The van der Waals surface area contributed by atoms with Gasteiger partial charge in [0.05, 0.1) is 15.8 Å². The summed E-state index contributed by atoms with van der Waals surface area (Å²) in [5.41, 5.74) is 1.24. The number of anilines is 1.